The lowest BCUT2D eigenvalue weighted by Crippen LogP contribution is -2.29. The molecule has 37 heavy (non-hydrogen) atoms. The number of rotatable bonds is 8. The van der Waals surface area contributed by atoms with E-state index in [-0.39, 0.29) is 24.5 Å². The van der Waals surface area contributed by atoms with Gasteiger partial charge in [-0.25, -0.2) is 14.2 Å². The molecule has 4 rings (SSSR count). The van der Waals surface area contributed by atoms with Crippen LogP contribution in [0.3, 0.4) is 0 Å². The SMILES string of the molecule is C=C(C)C(=O)OCCOC(=O)c1ccccc1-c1c2ccc(=[N+](CC)CC)cc-2oc2cc(O)ccc12. The highest BCUT2D eigenvalue weighted by molar-refractivity contribution is 6.07. The van der Waals surface area contributed by atoms with Gasteiger partial charge in [-0.05, 0) is 50.6 Å². The van der Waals surface area contributed by atoms with E-state index < -0.39 is 11.9 Å². The van der Waals surface area contributed by atoms with Gasteiger partial charge in [0, 0.05) is 34.2 Å². The quantitative estimate of drug-likeness (QED) is 0.120. The van der Waals surface area contributed by atoms with Crippen molar-refractivity contribution >= 4 is 22.9 Å². The molecule has 0 spiro atoms. The highest BCUT2D eigenvalue weighted by Gasteiger charge is 2.23. The lowest BCUT2D eigenvalue weighted by molar-refractivity contribution is -0.140. The summed E-state index contributed by atoms with van der Waals surface area (Å²) in [5, 5.41) is 11.9. The summed E-state index contributed by atoms with van der Waals surface area (Å²) in [7, 11) is 0. The van der Waals surface area contributed by atoms with E-state index in [9.17, 15) is 14.7 Å². The van der Waals surface area contributed by atoms with Crippen molar-refractivity contribution in [2.75, 3.05) is 26.3 Å². The molecule has 0 amide bonds. The molecule has 0 unspecified atom stereocenters. The number of aromatic hydroxyl groups is 1. The third-order valence-corrected chi connectivity index (χ3v) is 6.13. The fraction of sp³-hybridized carbons (Fsp3) is 0.233. The van der Waals surface area contributed by atoms with Crippen molar-refractivity contribution in [1.29, 1.82) is 0 Å². The summed E-state index contributed by atoms with van der Waals surface area (Å²) < 4.78 is 18.9. The zero-order valence-electron chi connectivity index (χ0n) is 21.2. The van der Waals surface area contributed by atoms with Gasteiger partial charge in [-0.15, -0.1) is 0 Å². The van der Waals surface area contributed by atoms with Crippen LogP contribution in [0.25, 0.3) is 33.4 Å². The Labute approximate surface area is 215 Å². The largest absolute Gasteiger partial charge is 0.508 e. The maximum absolute atomic E-state index is 13.1. The van der Waals surface area contributed by atoms with Crippen LogP contribution in [-0.2, 0) is 14.3 Å². The Kier molecular flexibility index (Phi) is 7.72. The predicted molar refractivity (Wildman–Crippen MR) is 142 cm³/mol. The molecule has 0 radical (unpaired) electrons. The molecular formula is C30H30NO6+. The van der Waals surface area contributed by atoms with Crippen LogP contribution in [0.4, 0.5) is 0 Å². The first-order chi connectivity index (χ1) is 17.8. The molecule has 0 aromatic heterocycles. The standard InChI is InChI=1S/C30H29NO6/c1-5-31(6-2)20-11-13-24-26(17-20)37-27-18-21(32)12-14-25(27)28(24)22-9-7-8-10-23(22)30(34)36-16-15-35-29(33)19(3)4/h7-14,17-18H,3,5-6,15-16H2,1-2,4H3/p+1. The number of ether oxygens (including phenoxy) is 2. The molecule has 1 aliphatic carbocycles. The van der Waals surface area contributed by atoms with Crippen molar-refractivity contribution in [3.8, 4) is 28.2 Å². The number of fused-ring (bicyclic) bond motifs is 2. The van der Waals surface area contributed by atoms with E-state index >= 15 is 0 Å². The van der Waals surface area contributed by atoms with E-state index in [1.54, 1.807) is 37.3 Å². The fourth-order valence-electron chi connectivity index (χ4n) is 4.29. The second-order valence-corrected chi connectivity index (χ2v) is 8.61. The van der Waals surface area contributed by atoms with E-state index in [0.717, 1.165) is 35.0 Å². The van der Waals surface area contributed by atoms with Crippen LogP contribution in [0.1, 0.15) is 31.1 Å². The van der Waals surface area contributed by atoms with Gasteiger partial charge in [-0.1, -0.05) is 24.8 Å². The molecule has 0 saturated heterocycles. The van der Waals surface area contributed by atoms with Gasteiger partial charge < -0.3 is 19.0 Å². The highest BCUT2D eigenvalue weighted by Crippen LogP contribution is 2.41. The lowest BCUT2D eigenvalue weighted by Gasteiger charge is -2.17. The van der Waals surface area contributed by atoms with E-state index in [1.165, 1.54) is 0 Å². The average Bonchev–Trinajstić information content (AvgIpc) is 2.90. The van der Waals surface area contributed by atoms with Crippen molar-refractivity contribution in [2.24, 2.45) is 0 Å². The minimum absolute atomic E-state index is 0.0664. The van der Waals surface area contributed by atoms with Crippen LogP contribution in [-0.4, -0.2) is 43.3 Å². The van der Waals surface area contributed by atoms with Crippen LogP contribution in [0, 0.1) is 0 Å². The van der Waals surface area contributed by atoms with Gasteiger partial charge in [0.15, 0.2) is 0 Å². The number of esters is 2. The molecule has 0 fully saturated rings. The summed E-state index contributed by atoms with van der Waals surface area (Å²) in [6, 6.07) is 18.1. The monoisotopic (exact) mass is 500 g/mol. The van der Waals surface area contributed by atoms with Gasteiger partial charge >= 0.3 is 11.9 Å². The number of nitrogens with zero attached hydrogens (tertiary/aromatic N) is 1. The van der Waals surface area contributed by atoms with Gasteiger partial charge in [0.05, 0.1) is 11.6 Å². The van der Waals surface area contributed by atoms with E-state index in [0.29, 0.717) is 22.5 Å². The Hall–Kier alpha value is -4.39. The second-order valence-electron chi connectivity index (χ2n) is 8.61. The van der Waals surface area contributed by atoms with E-state index in [1.807, 2.05) is 30.3 Å². The number of phenolic OH excluding ortho intramolecular Hbond substituents is 1. The highest BCUT2D eigenvalue weighted by atomic mass is 16.6. The van der Waals surface area contributed by atoms with Gasteiger partial charge in [0.2, 0.25) is 5.36 Å². The molecular weight excluding hydrogens is 470 g/mol. The van der Waals surface area contributed by atoms with Crippen LogP contribution >= 0.6 is 0 Å². The van der Waals surface area contributed by atoms with Crippen LogP contribution < -0.4 is 9.93 Å². The van der Waals surface area contributed by atoms with Gasteiger partial charge in [-0.3, -0.25) is 0 Å². The number of hydrogen-bond donors (Lipinski definition) is 1. The van der Waals surface area contributed by atoms with Crippen LogP contribution in [0.15, 0.2) is 77.2 Å². The Balaban J connectivity index is 1.83. The van der Waals surface area contributed by atoms with Crippen molar-refractivity contribution in [3.05, 3.63) is 83.7 Å². The molecule has 2 aromatic carbocycles. The Bertz CT molecular complexity index is 1520. The maximum atomic E-state index is 13.1. The van der Waals surface area contributed by atoms with E-state index in [2.05, 4.69) is 25.0 Å². The maximum Gasteiger partial charge on any atom is 0.338 e. The van der Waals surface area contributed by atoms with Crippen LogP contribution in [0.2, 0.25) is 0 Å². The zero-order chi connectivity index (χ0) is 26.5. The molecule has 7 heteroatoms. The summed E-state index contributed by atoms with van der Waals surface area (Å²) in [5.41, 5.74) is 3.42. The minimum atomic E-state index is -0.539. The molecule has 2 aromatic rings. The number of carbonyl (C=O) groups is 2. The third kappa shape index (κ3) is 5.40. The average molecular weight is 501 g/mol. The summed E-state index contributed by atoms with van der Waals surface area (Å²) in [6.45, 7) is 10.8. The molecule has 0 atom stereocenters. The van der Waals surface area contributed by atoms with Crippen molar-refractivity contribution in [2.45, 2.75) is 20.8 Å². The van der Waals surface area contributed by atoms with E-state index in [4.69, 9.17) is 13.9 Å². The number of benzene rings is 3. The molecule has 1 N–H and O–H groups in total. The lowest BCUT2D eigenvalue weighted by atomic mass is 9.90. The number of hydrogen-bond acceptors (Lipinski definition) is 6. The first-order valence-corrected chi connectivity index (χ1v) is 12.2. The summed E-state index contributed by atoms with van der Waals surface area (Å²) >= 11 is 0. The predicted octanol–water partition coefficient (Wildman–Crippen LogP) is 5.00. The Morgan fingerprint density at radius 1 is 0.946 bits per heavy atom. The molecule has 7 nitrogen and oxygen atoms in total. The summed E-state index contributed by atoms with van der Waals surface area (Å²) in [5.74, 6) is -0.358. The molecule has 190 valence electrons. The number of carbonyl (C=O) groups excluding carboxylic acids is 2. The second kappa shape index (κ2) is 11.1. The molecule has 0 bridgehead atoms. The first-order valence-electron chi connectivity index (χ1n) is 12.2. The zero-order valence-corrected chi connectivity index (χ0v) is 21.2. The van der Waals surface area contributed by atoms with Gasteiger partial charge in [-0.2, -0.15) is 0 Å². The first kappa shape index (κ1) is 25.7. The van der Waals surface area contributed by atoms with Gasteiger partial charge in [0.25, 0.3) is 0 Å². The fourth-order valence-corrected chi connectivity index (χ4v) is 4.29. The van der Waals surface area contributed by atoms with Crippen molar-refractivity contribution in [1.82, 2.24) is 4.58 Å². The normalized spacial score (nSPS) is 10.9. The summed E-state index contributed by atoms with van der Waals surface area (Å²) in [6.07, 6.45) is 0. The van der Waals surface area contributed by atoms with Crippen LogP contribution in [0.5, 0.6) is 5.75 Å². The molecule has 1 aliphatic heterocycles. The van der Waals surface area contributed by atoms with Gasteiger partial charge in [0.1, 0.15) is 43.4 Å². The molecule has 2 aliphatic rings. The smallest absolute Gasteiger partial charge is 0.338 e. The number of phenols is 1. The Morgan fingerprint density at radius 2 is 1.68 bits per heavy atom. The third-order valence-electron chi connectivity index (χ3n) is 6.13. The van der Waals surface area contributed by atoms with Crippen molar-refractivity contribution in [3.63, 3.8) is 0 Å². The Morgan fingerprint density at radius 3 is 2.41 bits per heavy atom. The van der Waals surface area contributed by atoms with Crippen molar-refractivity contribution < 1.29 is 28.6 Å². The minimum Gasteiger partial charge on any atom is -0.508 e. The topological polar surface area (TPSA) is 89.0 Å². The summed E-state index contributed by atoms with van der Waals surface area (Å²) in [4.78, 5) is 24.7. The molecule has 0 saturated carbocycles. The molecule has 1 heterocycles.